The maximum Gasteiger partial charge on any atom is 0.262 e. The summed E-state index contributed by atoms with van der Waals surface area (Å²) in [5.74, 6) is -0.0448. The molecule has 0 N–H and O–H groups in total. The summed E-state index contributed by atoms with van der Waals surface area (Å²) in [5.41, 5.74) is 1.70. The second-order valence-electron chi connectivity index (χ2n) is 7.87. The van der Waals surface area contributed by atoms with Crippen LogP contribution in [0.1, 0.15) is 17.3 Å². The molecule has 0 atom stereocenters. The fraction of sp³-hybridized carbons (Fsp3) is 0.476. The van der Waals surface area contributed by atoms with Gasteiger partial charge in [-0.15, -0.1) is 0 Å². The van der Waals surface area contributed by atoms with Crippen molar-refractivity contribution in [2.75, 3.05) is 57.4 Å². The van der Waals surface area contributed by atoms with Gasteiger partial charge >= 0.3 is 0 Å². The van der Waals surface area contributed by atoms with Gasteiger partial charge in [0.2, 0.25) is 5.91 Å². The first-order valence-corrected chi connectivity index (χ1v) is 12.0. The molecule has 0 spiro atoms. The molecule has 0 bridgehead atoms. The highest BCUT2D eigenvalue weighted by molar-refractivity contribution is 7.89. The topological polar surface area (TPSA) is 105 Å². The Kier molecular flexibility index (Phi) is 6.58. The summed E-state index contributed by atoms with van der Waals surface area (Å²) in [4.78, 5) is 32.1. The number of morpholine rings is 1. The normalized spacial score (nSPS) is 18.0. The summed E-state index contributed by atoms with van der Waals surface area (Å²) >= 11 is 0. The Labute approximate surface area is 187 Å². The van der Waals surface area contributed by atoms with Gasteiger partial charge in [-0.3, -0.25) is 9.59 Å². The highest BCUT2D eigenvalue weighted by Gasteiger charge is 2.29. The summed E-state index contributed by atoms with van der Waals surface area (Å²) in [5, 5.41) is -0.0500. The van der Waals surface area contributed by atoms with E-state index in [1.807, 2.05) is 24.3 Å². The van der Waals surface area contributed by atoms with Crippen LogP contribution < -0.4 is 4.90 Å². The van der Waals surface area contributed by atoms with Crippen LogP contribution in [0.15, 0.2) is 41.8 Å². The Balaban J connectivity index is 1.32. The number of benzene rings is 1. The first kappa shape index (κ1) is 22.4. The molecule has 1 aromatic heterocycles. The molecule has 2 fully saturated rings. The number of Topliss-reactive ketones (excluding diaryl/α,β-unsaturated/α-hetero) is 1. The molecule has 2 aliphatic rings. The lowest BCUT2D eigenvalue weighted by atomic mass is 10.1. The van der Waals surface area contributed by atoms with Gasteiger partial charge in [0, 0.05) is 56.7 Å². The van der Waals surface area contributed by atoms with Crippen LogP contribution in [-0.2, 0) is 26.1 Å². The van der Waals surface area contributed by atoms with Crippen LogP contribution in [0.2, 0.25) is 0 Å². The Morgan fingerprint density at radius 1 is 1.00 bits per heavy atom. The van der Waals surface area contributed by atoms with Crippen molar-refractivity contribution < 1.29 is 22.7 Å². The van der Waals surface area contributed by atoms with Gasteiger partial charge < -0.3 is 19.1 Å². The number of anilines is 1. The number of amides is 1. The van der Waals surface area contributed by atoms with Crippen LogP contribution in [0, 0.1) is 0 Å². The Hall–Kier alpha value is -2.76. The van der Waals surface area contributed by atoms with E-state index in [4.69, 9.17) is 4.74 Å². The van der Waals surface area contributed by atoms with E-state index in [0.717, 1.165) is 5.69 Å². The average Bonchev–Trinajstić information content (AvgIpc) is 3.29. The van der Waals surface area contributed by atoms with E-state index in [1.165, 1.54) is 21.4 Å². The number of carbonyl (C=O) groups is 2. The van der Waals surface area contributed by atoms with E-state index in [2.05, 4.69) is 9.88 Å². The molecule has 32 heavy (non-hydrogen) atoms. The minimum atomic E-state index is -3.68. The molecule has 0 saturated carbocycles. The van der Waals surface area contributed by atoms with Gasteiger partial charge in [-0.1, -0.05) is 0 Å². The molecule has 0 unspecified atom stereocenters. The van der Waals surface area contributed by atoms with Gasteiger partial charge in [-0.2, -0.15) is 4.31 Å². The van der Waals surface area contributed by atoms with E-state index in [1.54, 1.807) is 11.8 Å². The van der Waals surface area contributed by atoms with Crippen LogP contribution in [0.5, 0.6) is 0 Å². The van der Waals surface area contributed by atoms with Crippen LogP contribution in [0.25, 0.3) is 0 Å². The zero-order valence-corrected chi connectivity index (χ0v) is 18.8. The van der Waals surface area contributed by atoms with E-state index < -0.39 is 10.0 Å². The lowest BCUT2D eigenvalue weighted by Crippen LogP contribution is -2.49. The molecule has 2 aliphatic heterocycles. The zero-order valence-electron chi connectivity index (χ0n) is 18.0. The zero-order chi connectivity index (χ0) is 22.7. The van der Waals surface area contributed by atoms with Crippen molar-refractivity contribution in [3.05, 3.63) is 42.4 Å². The Bertz CT molecular complexity index is 1070. The number of rotatable bonds is 6. The number of piperazine rings is 1. The summed E-state index contributed by atoms with van der Waals surface area (Å²) < 4.78 is 33.5. The highest BCUT2D eigenvalue weighted by atomic mass is 32.2. The molecular weight excluding hydrogens is 434 g/mol. The summed E-state index contributed by atoms with van der Waals surface area (Å²) in [7, 11) is -3.68. The monoisotopic (exact) mass is 461 g/mol. The number of sulfonamides is 1. The van der Waals surface area contributed by atoms with Crippen molar-refractivity contribution in [1.29, 1.82) is 0 Å². The molecule has 3 heterocycles. The van der Waals surface area contributed by atoms with E-state index >= 15 is 0 Å². The van der Waals surface area contributed by atoms with E-state index in [9.17, 15) is 18.0 Å². The number of ketones is 1. The molecule has 0 aliphatic carbocycles. The predicted octanol–water partition coefficient (Wildman–Crippen LogP) is 0.455. The molecule has 172 valence electrons. The third-order valence-corrected chi connectivity index (χ3v) is 7.56. The molecule has 2 saturated heterocycles. The largest absolute Gasteiger partial charge is 0.379 e. The number of carbonyl (C=O) groups excluding carboxylic acids is 2. The Morgan fingerprint density at radius 3 is 2.28 bits per heavy atom. The number of ether oxygens (including phenoxy) is 1. The van der Waals surface area contributed by atoms with E-state index in [0.29, 0.717) is 58.0 Å². The predicted molar refractivity (Wildman–Crippen MR) is 117 cm³/mol. The lowest BCUT2D eigenvalue weighted by molar-refractivity contribution is -0.132. The highest BCUT2D eigenvalue weighted by Crippen LogP contribution is 2.18. The molecule has 11 heteroatoms. The van der Waals surface area contributed by atoms with Crippen molar-refractivity contribution >= 4 is 27.4 Å². The van der Waals surface area contributed by atoms with Gasteiger partial charge in [0.25, 0.3) is 10.0 Å². The molecule has 4 rings (SSSR count). The number of aromatic nitrogens is 2. The molecule has 2 aromatic rings. The summed E-state index contributed by atoms with van der Waals surface area (Å²) in [6.45, 7) is 5.43. The van der Waals surface area contributed by atoms with Crippen LogP contribution in [0.4, 0.5) is 5.69 Å². The van der Waals surface area contributed by atoms with Crippen LogP contribution in [0.3, 0.4) is 0 Å². The fourth-order valence-electron chi connectivity index (χ4n) is 3.86. The van der Waals surface area contributed by atoms with Crippen molar-refractivity contribution in [1.82, 2.24) is 18.8 Å². The minimum Gasteiger partial charge on any atom is -0.379 e. The maximum absolute atomic E-state index is 12.7. The van der Waals surface area contributed by atoms with Gasteiger partial charge in [0.05, 0.1) is 19.5 Å². The van der Waals surface area contributed by atoms with Crippen molar-refractivity contribution in [3.63, 3.8) is 0 Å². The van der Waals surface area contributed by atoms with E-state index in [-0.39, 0.29) is 23.3 Å². The van der Waals surface area contributed by atoms with Crippen molar-refractivity contribution in [2.24, 2.45) is 0 Å². The van der Waals surface area contributed by atoms with Gasteiger partial charge in [-0.05, 0) is 31.2 Å². The molecule has 1 aromatic carbocycles. The number of hydrogen-bond donors (Lipinski definition) is 0. The van der Waals surface area contributed by atoms with Gasteiger partial charge in [0.15, 0.2) is 10.8 Å². The smallest absolute Gasteiger partial charge is 0.262 e. The van der Waals surface area contributed by atoms with Crippen molar-refractivity contribution in [3.8, 4) is 0 Å². The minimum absolute atomic E-state index is 0.0346. The quantitative estimate of drug-likeness (QED) is 0.576. The average molecular weight is 462 g/mol. The second-order valence-corrected chi connectivity index (χ2v) is 9.76. The van der Waals surface area contributed by atoms with Gasteiger partial charge in [-0.25, -0.2) is 13.4 Å². The van der Waals surface area contributed by atoms with Gasteiger partial charge in [0.1, 0.15) is 6.54 Å². The van der Waals surface area contributed by atoms with Crippen LogP contribution in [-0.4, -0.2) is 91.3 Å². The molecular formula is C21H27N5O5S. The lowest BCUT2D eigenvalue weighted by Gasteiger charge is -2.36. The number of hydrogen-bond acceptors (Lipinski definition) is 7. The number of imidazole rings is 1. The fourth-order valence-corrected chi connectivity index (χ4v) is 5.20. The molecule has 0 radical (unpaired) electrons. The SMILES string of the molecule is CC(=O)c1ccc(N2CCN(C(=O)Cn3cnc(S(=O)(=O)N4CCOCC4)c3)CC2)cc1. The molecule has 10 nitrogen and oxygen atoms in total. The Morgan fingerprint density at radius 2 is 1.66 bits per heavy atom. The standard InChI is InChI=1S/C21H27N5O5S/c1-17(27)18-2-4-19(5-3-18)24-6-8-25(9-7-24)21(28)15-23-14-20(22-16-23)32(29,30)26-10-12-31-13-11-26/h2-5,14,16H,6-13,15H2,1H3. The summed E-state index contributed by atoms with van der Waals surface area (Å²) in [6, 6.07) is 7.49. The third-order valence-electron chi connectivity index (χ3n) is 5.77. The third kappa shape index (κ3) is 4.84. The van der Waals surface area contributed by atoms with Crippen molar-refractivity contribution in [2.45, 2.75) is 18.5 Å². The maximum atomic E-state index is 12.7. The van der Waals surface area contributed by atoms with Crippen LogP contribution >= 0.6 is 0 Å². The first-order chi connectivity index (χ1) is 15.3. The first-order valence-electron chi connectivity index (χ1n) is 10.6. The summed E-state index contributed by atoms with van der Waals surface area (Å²) in [6.07, 6.45) is 2.80. The second kappa shape index (κ2) is 9.39. The molecule has 1 amide bonds. The number of nitrogens with zero attached hydrogens (tertiary/aromatic N) is 5.